The number of fused-ring (bicyclic) bond motifs is 1. The number of halogens is 2. The van der Waals surface area contributed by atoms with E-state index in [2.05, 4.69) is 31.2 Å². The van der Waals surface area contributed by atoms with Crippen LogP contribution in [-0.4, -0.2) is 26.0 Å². The van der Waals surface area contributed by atoms with Crippen molar-refractivity contribution >= 4 is 39.4 Å². The van der Waals surface area contributed by atoms with Crippen molar-refractivity contribution in [2.24, 2.45) is 5.16 Å². The second-order valence-electron chi connectivity index (χ2n) is 2.47. The van der Waals surface area contributed by atoms with Gasteiger partial charge in [0, 0.05) is 6.20 Å². The Morgan fingerprint density at radius 2 is 2.43 bits per heavy atom. The fourth-order valence-corrected chi connectivity index (χ4v) is 1.65. The molecular weight excluding hydrogens is 271 g/mol. The molecule has 1 N–H and O–H groups in total. The molecule has 0 radical (unpaired) electrons. The molecule has 0 aliphatic carbocycles. The molecular formula is C7H4BrClN4O. The van der Waals surface area contributed by atoms with Crippen LogP contribution in [0.3, 0.4) is 0 Å². The van der Waals surface area contributed by atoms with Gasteiger partial charge in [-0.05, 0) is 22.0 Å². The van der Waals surface area contributed by atoms with Crippen LogP contribution in [0.2, 0.25) is 5.15 Å². The second kappa shape index (κ2) is 3.55. The summed E-state index contributed by atoms with van der Waals surface area (Å²) in [6.07, 6.45) is 2.92. The SMILES string of the molecule is O/N=C/c1c(Br)nn2ccc(Cl)nc12. The Morgan fingerprint density at radius 1 is 1.64 bits per heavy atom. The number of aromatic nitrogens is 3. The summed E-state index contributed by atoms with van der Waals surface area (Å²) in [5.41, 5.74) is 1.11. The molecule has 72 valence electrons. The maximum atomic E-state index is 8.44. The number of rotatable bonds is 1. The topological polar surface area (TPSA) is 62.8 Å². The Hall–Kier alpha value is -1.14. The molecule has 0 aromatic carbocycles. The van der Waals surface area contributed by atoms with E-state index >= 15 is 0 Å². The molecule has 14 heavy (non-hydrogen) atoms. The van der Waals surface area contributed by atoms with Crippen molar-refractivity contribution in [2.45, 2.75) is 0 Å². The molecule has 0 aliphatic heterocycles. The first kappa shape index (κ1) is 9.42. The van der Waals surface area contributed by atoms with E-state index in [1.807, 2.05) is 0 Å². The minimum atomic E-state index is 0.359. The van der Waals surface area contributed by atoms with Crippen molar-refractivity contribution in [3.63, 3.8) is 0 Å². The van der Waals surface area contributed by atoms with Crippen molar-refractivity contribution in [1.29, 1.82) is 0 Å². The van der Waals surface area contributed by atoms with Crippen LogP contribution in [0, 0.1) is 0 Å². The third-order valence-electron chi connectivity index (χ3n) is 1.63. The van der Waals surface area contributed by atoms with Gasteiger partial charge in [-0.15, -0.1) is 0 Å². The average Bonchev–Trinajstić information content (AvgIpc) is 2.45. The third kappa shape index (κ3) is 1.46. The van der Waals surface area contributed by atoms with E-state index in [0.29, 0.717) is 21.0 Å². The molecule has 0 bridgehead atoms. The Balaban J connectivity index is 2.79. The smallest absolute Gasteiger partial charge is 0.166 e. The van der Waals surface area contributed by atoms with Gasteiger partial charge in [0.1, 0.15) is 9.76 Å². The van der Waals surface area contributed by atoms with Gasteiger partial charge in [-0.25, -0.2) is 9.50 Å². The summed E-state index contributed by atoms with van der Waals surface area (Å²) in [4.78, 5) is 4.05. The normalized spacial score (nSPS) is 11.6. The molecule has 0 unspecified atom stereocenters. The number of oxime groups is 1. The summed E-state index contributed by atoms with van der Waals surface area (Å²) in [5.74, 6) is 0. The monoisotopic (exact) mass is 274 g/mol. The van der Waals surface area contributed by atoms with Gasteiger partial charge in [0.25, 0.3) is 0 Å². The van der Waals surface area contributed by atoms with Crippen LogP contribution in [-0.2, 0) is 0 Å². The zero-order valence-electron chi connectivity index (χ0n) is 6.72. The summed E-state index contributed by atoms with van der Waals surface area (Å²) in [6, 6.07) is 1.62. The molecule has 2 aromatic heterocycles. The average molecular weight is 275 g/mol. The van der Waals surface area contributed by atoms with Crippen LogP contribution in [0.15, 0.2) is 22.0 Å². The van der Waals surface area contributed by atoms with Crippen LogP contribution < -0.4 is 0 Å². The van der Waals surface area contributed by atoms with Crippen molar-refractivity contribution < 1.29 is 5.21 Å². The van der Waals surface area contributed by atoms with Crippen LogP contribution in [0.1, 0.15) is 5.56 Å². The maximum absolute atomic E-state index is 8.44. The fraction of sp³-hybridized carbons (Fsp3) is 0. The second-order valence-corrected chi connectivity index (χ2v) is 3.61. The predicted octanol–water partition coefficient (Wildman–Crippen LogP) is 1.95. The minimum absolute atomic E-state index is 0.359. The van der Waals surface area contributed by atoms with E-state index in [0.717, 1.165) is 0 Å². The van der Waals surface area contributed by atoms with Crippen LogP contribution in [0.25, 0.3) is 5.65 Å². The summed E-state index contributed by atoms with van der Waals surface area (Å²) in [6.45, 7) is 0. The lowest BCUT2D eigenvalue weighted by molar-refractivity contribution is 0.322. The van der Waals surface area contributed by atoms with Crippen molar-refractivity contribution in [3.05, 3.63) is 27.6 Å². The van der Waals surface area contributed by atoms with Gasteiger partial charge in [0.15, 0.2) is 5.65 Å². The Bertz CT molecular complexity index is 510. The molecule has 7 heteroatoms. The molecule has 0 spiro atoms. The summed E-state index contributed by atoms with van der Waals surface area (Å²) in [7, 11) is 0. The zero-order valence-corrected chi connectivity index (χ0v) is 9.07. The highest BCUT2D eigenvalue weighted by molar-refractivity contribution is 9.10. The summed E-state index contributed by atoms with van der Waals surface area (Å²) in [5, 5.41) is 15.8. The van der Waals surface area contributed by atoms with E-state index < -0.39 is 0 Å². The summed E-state index contributed by atoms with van der Waals surface area (Å²) < 4.78 is 2.08. The number of hydrogen-bond donors (Lipinski definition) is 1. The first-order valence-electron chi connectivity index (χ1n) is 3.60. The van der Waals surface area contributed by atoms with Gasteiger partial charge in [0.05, 0.1) is 11.8 Å². The van der Waals surface area contributed by atoms with E-state index in [4.69, 9.17) is 16.8 Å². The van der Waals surface area contributed by atoms with Crippen LogP contribution in [0.5, 0.6) is 0 Å². The third-order valence-corrected chi connectivity index (χ3v) is 2.42. The lowest BCUT2D eigenvalue weighted by atomic mass is 10.4. The van der Waals surface area contributed by atoms with Gasteiger partial charge in [-0.2, -0.15) is 5.10 Å². The number of hydrogen-bond acceptors (Lipinski definition) is 4. The highest BCUT2D eigenvalue weighted by Gasteiger charge is 2.10. The minimum Gasteiger partial charge on any atom is -0.411 e. The standard InChI is InChI=1S/C7H4BrClN4O/c8-6-4(3-10-14)7-11-5(9)1-2-13(7)12-6/h1-3,14H/b10-3+. The van der Waals surface area contributed by atoms with E-state index in [1.165, 1.54) is 10.7 Å². The molecule has 0 atom stereocenters. The Morgan fingerprint density at radius 3 is 3.14 bits per heavy atom. The molecule has 0 aliphatic rings. The van der Waals surface area contributed by atoms with Gasteiger partial charge >= 0.3 is 0 Å². The molecule has 2 heterocycles. The highest BCUT2D eigenvalue weighted by atomic mass is 79.9. The maximum Gasteiger partial charge on any atom is 0.166 e. The van der Waals surface area contributed by atoms with Crippen molar-refractivity contribution in [2.75, 3.05) is 0 Å². The van der Waals surface area contributed by atoms with Crippen molar-refractivity contribution in [3.8, 4) is 0 Å². The van der Waals surface area contributed by atoms with E-state index in [1.54, 1.807) is 12.3 Å². The number of nitrogens with zero attached hydrogens (tertiary/aromatic N) is 4. The molecule has 0 saturated carbocycles. The van der Waals surface area contributed by atoms with Gasteiger partial charge in [0.2, 0.25) is 0 Å². The summed E-state index contributed by atoms with van der Waals surface area (Å²) >= 11 is 8.94. The predicted molar refractivity (Wildman–Crippen MR) is 55.1 cm³/mol. The van der Waals surface area contributed by atoms with E-state index in [-0.39, 0.29) is 0 Å². The molecule has 0 fully saturated rings. The van der Waals surface area contributed by atoms with Gasteiger partial charge < -0.3 is 5.21 Å². The first-order valence-corrected chi connectivity index (χ1v) is 4.77. The molecule has 2 rings (SSSR count). The molecule has 2 aromatic rings. The Kier molecular flexibility index (Phi) is 2.39. The van der Waals surface area contributed by atoms with Crippen LogP contribution >= 0.6 is 27.5 Å². The van der Waals surface area contributed by atoms with Gasteiger partial charge in [-0.1, -0.05) is 16.8 Å². The largest absolute Gasteiger partial charge is 0.411 e. The molecule has 0 amide bonds. The fourth-order valence-electron chi connectivity index (χ4n) is 1.07. The van der Waals surface area contributed by atoms with Crippen molar-refractivity contribution in [1.82, 2.24) is 14.6 Å². The van der Waals surface area contributed by atoms with Gasteiger partial charge in [-0.3, -0.25) is 0 Å². The first-order chi connectivity index (χ1) is 6.72. The van der Waals surface area contributed by atoms with Crippen LogP contribution in [0.4, 0.5) is 0 Å². The quantitative estimate of drug-likeness (QED) is 0.374. The highest BCUT2D eigenvalue weighted by Crippen LogP contribution is 2.18. The lowest BCUT2D eigenvalue weighted by Gasteiger charge is -1.92. The molecule has 0 saturated heterocycles. The lowest BCUT2D eigenvalue weighted by Crippen LogP contribution is -1.90. The van der Waals surface area contributed by atoms with E-state index in [9.17, 15) is 0 Å². The zero-order chi connectivity index (χ0) is 10.1. The molecule has 5 nitrogen and oxygen atoms in total. The Labute approximate surface area is 92.1 Å².